The molecule has 0 saturated carbocycles. The molecule has 0 aliphatic heterocycles. The van der Waals surface area contributed by atoms with Crippen molar-refractivity contribution < 1.29 is 28.5 Å². The molecule has 0 aromatic heterocycles. The quantitative estimate of drug-likeness (QED) is 0.413. The molecule has 0 aliphatic rings. The molecule has 0 saturated heterocycles. The average molecular weight is 265 g/mol. The van der Waals surface area contributed by atoms with Crippen LogP contribution in [0.4, 0.5) is 0 Å². The maximum atomic E-state index is 10.3. The van der Waals surface area contributed by atoms with Gasteiger partial charge in [0, 0.05) is 7.11 Å². The Hall–Kier alpha value is -0.730. The molecule has 0 heterocycles. The van der Waals surface area contributed by atoms with Crippen molar-refractivity contribution in [3.63, 3.8) is 0 Å². The van der Waals surface area contributed by atoms with Gasteiger partial charge in [-0.1, -0.05) is 0 Å². The van der Waals surface area contributed by atoms with Crippen LogP contribution in [0.2, 0.25) is 0 Å². The third-order valence-electron chi connectivity index (χ3n) is 1.79. The van der Waals surface area contributed by atoms with Gasteiger partial charge in [0.25, 0.3) is 0 Å². The van der Waals surface area contributed by atoms with Crippen LogP contribution < -0.4 is 5.73 Å². The number of carbonyl (C=O) groups excluding carboxylic acids is 1. The largest absolute Gasteiger partial charge is 0.382 e. The summed E-state index contributed by atoms with van der Waals surface area (Å²) in [5.74, 6) is -0.480. The third kappa shape index (κ3) is 15.3. The van der Waals surface area contributed by atoms with E-state index in [0.717, 1.165) is 0 Å². The summed E-state index contributed by atoms with van der Waals surface area (Å²) in [6, 6.07) is 0. The fourth-order valence-electron chi connectivity index (χ4n) is 0.975. The summed E-state index contributed by atoms with van der Waals surface area (Å²) < 4.78 is 25.4. The SMILES string of the molecule is COCCOCCOCCOCCOCC(N)=O. The Kier molecular flexibility index (Phi) is 13.8. The highest BCUT2D eigenvalue weighted by atomic mass is 16.6. The summed E-state index contributed by atoms with van der Waals surface area (Å²) >= 11 is 0. The molecule has 1 amide bonds. The van der Waals surface area contributed by atoms with Crippen molar-refractivity contribution in [2.75, 3.05) is 66.6 Å². The number of methoxy groups -OCH3 is 1. The lowest BCUT2D eigenvalue weighted by molar-refractivity contribution is -0.123. The van der Waals surface area contributed by atoms with E-state index in [-0.39, 0.29) is 6.61 Å². The molecule has 7 nitrogen and oxygen atoms in total. The molecule has 0 aliphatic carbocycles. The van der Waals surface area contributed by atoms with Crippen molar-refractivity contribution in [2.45, 2.75) is 0 Å². The molecule has 0 rings (SSSR count). The second-order valence-corrected chi connectivity index (χ2v) is 3.35. The Balaban J connectivity index is 2.92. The number of amides is 1. The molecule has 0 radical (unpaired) electrons. The zero-order valence-corrected chi connectivity index (χ0v) is 10.9. The molecule has 0 aromatic rings. The van der Waals surface area contributed by atoms with Gasteiger partial charge in [-0.05, 0) is 0 Å². The summed E-state index contributed by atoms with van der Waals surface area (Å²) in [6.07, 6.45) is 0. The van der Waals surface area contributed by atoms with E-state index in [4.69, 9.17) is 29.4 Å². The van der Waals surface area contributed by atoms with E-state index < -0.39 is 5.91 Å². The normalized spacial score (nSPS) is 10.7. The summed E-state index contributed by atoms with van der Waals surface area (Å²) in [7, 11) is 1.63. The van der Waals surface area contributed by atoms with Crippen LogP contribution in [0.15, 0.2) is 0 Å². The van der Waals surface area contributed by atoms with Crippen LogP contribution >= 0.6 is 0 Å². The predicted molar refractivity (Wildman–Crippen MR) is 64.3 cm³/mol. The van der Waals surface area contributed by atoms with Gasteiger partial charge in [0.15, 0.2) is 0 Å². The lowest BCUT2D eigenvalue weighted by atomic mass is 10.6. The van der Waals surface area contributed by atoms with Crippen LogP contribution in [0.25, 0.3) is 0 Å². The molecule has 7 heteroatoms. The predicted octanol–water partition coefficient (Wildman–Crippen LogP) is -0.815. The monoisotopic (exact) mass is 265 g/mol. The van der Waals surface area contributed by atoms with Crippen molar-refractivity contribution in [3.8, 4) is 0 Å². The highest BCUT2D eigenvalue weighted by Crippen LogP contribution is 1.82. The van der Waals surface area contributed by atoms with Gasteiger partial charge in [-0.2, -0.15) is 0 Å². The van der Waals surface area contributed by atoms with Crippen molar-refractivity contribution in [2.24, 2.45) is 5.73 Å². The van der Waals surface area contributed by atoms with Crippen molar-refractivity contribution in [3.05, 3.63) is 0 Å². The van der Waals surface area contributed by atoms with E-state index in [2.05, 4.69) is 0 Å². The number of primary amides is 1. The Labute approximate surface area is 107 Å². The first-order valence-corrected chi connectivity index (χ1v) is 5.85. The first-order valence-electron chi connectivity index (χ1n) is 5.85. The topological polar surface area (TPSA) is 89.2 Å². The second-order valence-electron chi connectivity index (χ2n) is 3.35. The Morgan fingerprint density at radius 1 is 0.778 bits per heavy atom. The first kappa shape index (κ1) is 17.3. The fourth-order valence-corrected chi connectivity index (χ4v) is 0.975. The van der Waals surface area contributed by atoms with Gasteiger partial charge in [0.1, 0.15) is 6.61 Å². The van der Waals surface area contributed by atoms with Gasteiger partial charge in [-0.25, -0.2) is 0 Å². The number of hydrogen-bond donors (Lipinski definition) is 1. The molecule has 0 spiro atoms. The zero-order chi connectivity index (χ0) is 13.5. The Morgan fingerprint density at radius 3 is 1.56 bits per heavy atom. The maximum Gasteiger partial charge on any atom is 0.243 e. The second kappa shape index (κ2) is 14.3. The van der Waals surface area contributed by atoms with E-state index >= 15 is 0 Å². The standard InChI is InChI=1S/C11H23NO6/c1-14-2-3-15-4-5-16-6-7-17-8-9-18-10-11(12)13/h2-10H2,1H3,(H2,12,13). The minimum atomic E-state index is -0.480. The van der Waals surface area contributed by atoms with Crippen molar-refractivity contribution in [1.82, 2.24) is 0 Å². The number of nitrogens with two attached hydrogens (primary N) is 1. The summed E-state index contributed by atoms with van der Waals surface area (Å²) in [6.45, 7) is 3.93. The van der Waals surface area contributed by atoms with Gasteiger partial charge in [0.2, 0.25) is 5.91 Å². The van der Waals surface area contributed by atoms with E-state index in [0.29, 0.717) is 52.9 Å². The van der Waals surface area contributed by atoms with Crippen LogP contribution in [0.1, 0.15) is 0 Å². The number of ether oxygens (including phenoxy) is 5. The number of rotatable bonds is 14. The van der Waals surface area contributed by atoms with Crippen LogP contribution in [0.3, 0.4) is 0 Å². The molecular formula is C11H23NO6. The number of carbonyl (C=O) groups is 1. The zero-order valence-electron chi connectivity index (χ0n) is 10.9. The fraction of sp³-hybridized carbons (Fsp3) is 0.909. The summed E-state index contributed by atoms with van der Waals surface area (Å²) in [5, 5.41) is 0. The Bertz CT molecular complexity index is 190. The minimum Gasteiger partial charge on any atom is -0.382 e. The minimum absolute atomic E-state index is 0.0708. The molecule has 0 unspecified atom stereocenters. The lowest BCUT2D eigenvalue weighted by Crippen LogP contribution is -2.20. The van der Waals surface area contributed by atoms with E-state index in [1.807, 2.05) is 0 Å². The molecule has 0 bridgehead atoms. The van der Waals surface area contributed by atoms with Gasteiger partial charge in [-0.3, -0.25) is 4.79 Å². The molecular weight excluding hydrogens is 242 g/mol. The van der Waals surface area contributed by atoms with Crippen molar-refractivity contribution in [1.29, 1.82) is 0 Å². The lowest BCUT2D eigenvalue weighted by Gasteiger charge is -2.06. The van der Waals surface area contributed by atoms with Crippen LogP contribution in [0.5, 0.6) is 0 Å². The number of hydrogen-bond acceptors (Lipinski definition) is 6. The molecule has 108 valence electrons. The molecule has 2 N–H and O–H groups in total. The van der Waals surface area contributed by atoms with Crippen LogP contribution in [-0.4, -0.2) is 72.5 Å². The van der Waals surface area contributed by atoms with Gasteiger partial charge in [-0.15, -0.1) is 0 Å². The highest BCUT2D eigenvalue weighted by Gasteiger charge is 1.94. The summed E-state index contributed by atoms with van der Waals surface area (Å²) in [5.41, 5.74) is 4.89. The molecule has 0 atom stereocenters. The van der Waals surface area contributed by atoms with Gasteiger partial charge in [0.05, 0.1) is 52.9 Å². The van der Waals surface area contributed by atoms with Gasteiger partial charge < -0.3 is 29.4 Å². The van der Waals surface area contributed by atoms with E-state index in [9.17, 15) is 4.79 Å². The Morgan fingerprint density at radius 2 is 1.17 bits per heavy atom. The third-order valence-corrected chi connectivity index (χ3v) is 1.79. The van der Waals surface area contributed by atoms with E-state index in [1.54, 1.807) is 7.11 Å². The smallest absolute Gasteiger partial charge is 0.243 e. The summed E-state index contributed by atoms with van der Waals surface area (Å²) in [4.78, 5) is 10.3. The van der Waals surface area contributed by atoms with Crippen LogP contribution in [0, 0.1) is 0 Å². The average Bonchev–Trinajstić information content (AvgIpc) is 2.34. The highest BCUT2D eigenvalue weighted by molar-refractivity contribution is 5.74. The molecule has 18 heavy (non-hydrogen) atoms. The van der Waals surface area contributed by atoms with E-state index in [1.165, 1.54) is 0 Å². The maximum absolute atomic E-state index is 10.3. The molecule has 0 aromatic carbocycles. The van der Waals surface area contributed by atoms with Crippen LogP contribution in [-0.2, 0) is 28.5 Å². The van der Waals surface area contributed by atoms with Gasteiger partial charge >= 0.3 is 0 Å². The first-order chi connectivity index (χ1) is 8.77. The molecule has 0 fully saturated rings. The van der Waals surface area contributed by atoms with Crippen molar-refractivity contribution >= 4 is 5.91 Å².